The Morgan fingerprint density at radius 2 is 2.31 bits per heavy atom. The van der Waals surface area contributed by atoms with Crippen LogP contribution in [0.4, 0.5) is 0 Å². The lowest BCUT2D eigenvalue weighted by atomic mass is 9.99. The van der Waals surface area contributed by atoms with Gasteiger partial charge in [0.2, 0.25) is 0 Å². The maximum Gasteiger partial charge on any atom is 0.138 e. The molecule has 1 rings (SSSR count). The number of carbonyl (C=O) groups is 1. The maximum absolute atomic E-state index is 11.2. The van der Waals surface area contributed by atoms with Gasteiger partial charge in [-0.25, -0.2) is 0 Å². The van der Waals surface area contributed by atoms with Gasteiger partial charge in [0.25, 0.3) is 0 Å². The Kier molecular flexibility index (Phi) is 3.67. The molecule has 0 aromatic rings. The fourth-order valence-corrected chi connectivity index (χ4v) is 1.57. The average Bonchev–Trinajstić information content (AvgIpc) is 2.07. The second kappa shape index (κ2) is 4.56. The van der Waals surface area contributed by atoms with E-state index in [0.717, 1.165) is 26.1 Å². The standard InChI is InChI=1S/C11H19NO/c1-9(2)4-6-12-7-5-11(13)10(3)8-12/h4,10H,5-8H2,1-3H3. The molecule has 1 aliphatic rings. The highest BCUT2D eigenvalue weighted by atomic mass is 16.1. The van der Waals surface area contributed by atoms with Gasteiger partial charge < -0.3 is 0 Å². The second-order valence-electron chi connectivity index (χ2n) is 4.16. The van der Waals surface area contributed by atoms with E-state index in [-0.39, 0.29) is 5.92 Å². The highest BCUT2D eigenvalue weighted by Crippen LogP contribution is 2.11. The first-order valence-corrected chi connectivity index (χ1v) is 4.98. The van der Waals surface area contributed by atoms with Gasteiger partial charge in [0, 0.05) is 32.0 Å². The van der Waals surface area contributed by atoms with Gasteiger partial charge in [0.05, 0.1) is 0 Å². The summed E-state index contributed by atoms with van der Waals surface area (Å²) in [5.41, 5.74) is 1.35. The zero-order chi connectivity index (χ0) is 9.84. The van der Waals surface area contributed by atoms with Crippen LogP contribution in [0.15, 0.2) is 11.6 Å². The summed E-state index contributed by atoms with van der Waals surface area (Å²) < 4.78 is 0. The first-order chi connectivity index (χ1) is 6.09. The molecule has 74 valence electrons. The smallest absolute Gasteiger partial charge is 0.138 e. The first kappa shape index (κ1) is 10.5. The highest BCUT2D eigenvalue weighted by molar-refractivity contribution is 5.81. The van der Waals surface area contributed by atoms with Gasteiger partial charge in [-0.3, -0.25) is 9.69 Å². The number of carbonyl (C=O) groups excluding carboxylic acids is 1. The van der Waals surface area contributed by atoms with Crippen molar-refractivity contribution in [1.29, 1.82) is 0 Å². The van der Waals surface area contributed by atoms with Crippen LogP contribution < -0.4 is 0 Å². The van der Waals surface area contributed by atoms with E-state index < -0.39 is 0 Å². The molecule has 0 aliphatic carbocycles. The predicted molar refractivity (Wildman–Crippen MR) is 54.7 cm³/mol. The van der Waals surface area contributed by atoms with Crippen molar-refractivity contribution >= 4 is 5.78 Å². The number of Topliss-reactive ketones (excluding diaryl/α,β-unsaturated/α-hetero) is 1. The van der Waals surface area contributed by atoms with Crippen LogP contribution in [0.25, 0.3) is 0 Å². The minimum absolute atomic E-state index is 0.235. The van der Waals surface area contributed by atoms with Crippen LogP contribution in [0.3, 0.4) is 0 Å². The molecule has 0 spiro atoms. The van der Waals surface area contributed by atoms with Crippen LogP contribution in [-0.2, 0) is 4.79 Å². The largest absolute Gasteiger partial charge is 0.299 e. The molecule has 0 radical (unpaired) electrons. The van der Waals surface area contributed by atoms with Crippen molar-refractivity contribution < 1.29 is 4.79 Å². The molecule has 0 saturated carbocycles. The summed E-state index contributed by atoms with van der Waals surface area (Å²) >= 11 is 0. The van der Waals surface area contributed by atoms with Crippen LogP contribution in [0.2, 0.25) is 0 Å². The molecule has 0 N–H and O–H groups in total. The molecular formula is C11H19NO. The number of rotatable bonds is 2. The molecule has 0 amide bonds. The number of likely N-dealkylation sites (tertiary alicyclic amines) is 1. The van der Waals surface area contributed by atoms with Crippen LogP contribution in [-0.4, -0.2) is 30.3 Å². The zero-order valence-corrected chi connectivity index (χ0v) is 8.84. The number of hydrogen-bond donors (Lipinski definition) is 0. The van der Waals surface area contributed by atoms with E-state index in [1.807, 2.05) is 6.92 Å². The third kappa shape index (κ3) is 3.31. The van der Waals surface area contributed by atoms with Gasteiger partial charge in [-0.2, -0.15) is 0 Å². The fraction of sp³-hybridized carbons (Fsp3) is 0.727. The van der Waals surface area contributed by atoms with E-state index in [4.69, 9.17) is 0 Å². The molecular weight excluding hydrogens is 162 g/mol. The molecule has 2 nitrogen and oxygen atoms in total. The summed E-state index contributed by atoms with van der Waals surface area (Å²) in [4.78, 5) is 13.6. The second-order valence-corrected chi connectivity index (χ2v) is 4.16. The Labute approximate surface area is 80.6 Å². The minimum atomic E-state index is 0.235. The summed E-state index contributed by atoms with van der Waals surface area (Å²) in [6.07, 6.45) is 2.96. The van der Waals surface area contributed by atoms with Gasteiger partial charge >= 0.3 is 0 Å². The van der Waals surface area contributed by atoms with Crippen molar-refractivity contribution in [3.8, 4) is 0 Å². The van der Waals surface area contributed by atoms with Crippen molar-refractivity contribution in [1.82, 2.24) is 4.90 Å². The fourth-order valence-electron chi connectivity index (χ4n) is 1.57. The van der Waals surface area contributed by atoms with Gasteiger partial charge in [0.1, 0.15) is 5.78 Å². The molecule has 0 aromatic carbocycles. The Morgan fingerprint density at radius 3 is 2.85 bits per heavy atom. The topological polar surface area (TPSA) is 20.3 Å². The Balaban J connectivity index is 2.38. The molecule has 1 atom stereocenters. The molecule has 13 heavy (non-hydrogen) atoms. The quantitative estimate of drug-likeness (QED) is 0.606. The first-order valence-electron chi connectivity index (χ1n) is 4.98. The van der Waals surface area contributed by atoms with Crippen molar-refractivity contribution in [2.75, 3.05) is 19.6 Å². The van der Waals surface area contributed by atoms with Crippen molar-refractivity contribution in [3.63, 3.8) is 0 Å². The summed E-state index contributed by atoms with van der Waals surface area (Å²) in [6.45, 7) is 9.11. The van der Waals surface area contributed by atoms with Crippen LogP contribution in [0.1, 0.15) is 27.2 Å². The monoisotopic (exact) mass is 181 g/mol. The van der Waals surface area contributed by atoms with Crippen LogP contribution in [0.5, 0.6) is 0 Å². The molecule has 1 fully saturated rings. The van der Waals surface area contributed by atoms with Gasteiger partial charge in [-0.1, -0.05) is 18.6 Å². The number of allylic oxidation sites excluding steroid dienone is 1. The minimum Gasteiger partial charge on any atom is -0.299 e. The predicted octanol–water partition coefficient (Wildman–Crippen LogP) is 1.86. The van der Waals surface area contributed by atoms with Crippen LogP contribution >= 0.6 is 0 Å². The lowest BCUT2D eigenvalue weighted by Gasteiger charge is -2.28. The third-order valence-electron chi connectivity index (χ3n) is 2.51. The van der Waals surface area contributed by atoms with E-state index in [9.17, 15) is 4.79 Å². The lowest BCUT2D eigenvalue weighted by Crippen LogP contribution is -2.39. The van der Waals surface area contributed by atoms with E-state index >= 15 is 0 Å². The highest BCUT2D eigenvalue weighted by Gasteiger charge is 2.22. The van der Waals surface area contributed by atoms with E-state index in [1.54, 1.807) is 0 Å². The number of nitrogens with zero attached hydrogens (tertiary/aromatic N) is 1. The number of ketones is 1. The lowest BCUT2D eigenvalue weighted by molar-refractivity contribution is -0.125. The Morgan fingerprint density at radius 1 is 1.62 bits per heavy atom. The van der Waals surface area contributed by atoms with Crippen molar-refractivity contribution in [2.45, 2.75) is 27.2 Å². The van der Waals surface area contributed by atoms with E-state index in [2.05, 4.69) is 24.8 Å². The number of hydrogen-bond acceptors (Lipinski definition) is 2. The van der Waals surface area contributed by atoms with Gasteiger partial charge in [-0.15, -0.1) is 0 Å². The molecule has 1 saturated heterocycles. The molecule has 1 aliphatic heterocycles. The Bertz CT molecular complexity index is 216. The van der Waals surface area contributed by atoms with Crippen molar-refractivity contribution in [2.24, 2.45) is 5.92 Å². The third-order valence-corrected chi connectivity index (χ3v) is 2.51. The molecule has 0 aromatic heterocycles. The Hall–Kier alpha value is -0.630. The SMILES string of the molecule is CC(C)=CCN1CCC(=O)C(C)C1. The van der Waals surface area contributed by atoms with Crippen molar-refractivity contribution in [3.05, 3.63) is 11.6 Å². The van der Waals surface area contributed by atoms with Gasteiger partial charge in [0.15, 0.2) is 0 Å². The molecule has 1 heterocycles. The summed E-state index contributed by atoms with van der Waals surface area (Å²) in [5, 5.41) is 0. The average molecular weight is 181 g/mol. The normalized spacial score (nSPS) is 24.5. The zero-order valence-electron chi connectivity index (χ0n) is 8.84. The van der Waals surface area contributed by atoms with Crippen LogP contribution in [0, 0.1) is 5.92 Å². The summed E-state index contributed by atoms with van der Waals surface area (Å²) in [7, 11) is 0. The maximum atomic E-state index is 11.2. The van der Waals surface area contributed by atoms with E-state index in [0.29, 0.717) is 5.78 Å². The molecule has 1 unspecified atom stereocenters. The summed E-state index contributed by atoms with van der Waals surface area (Å²) in [5.74, 6) is 0.660. The van der Waals surface area contributed by atoms with Gasteiger partial charge in [-0.05, 0) is 13.8 Å². The summed E-state index contributed by atoms with van der Waals surface area (Å²) in [6, 6.07) is 0. The van der Waals surface area contributed by atoms with E-state index in [1.165, 1.54) is 5.57 Å². The molecule has 2 heteroatoms. The molecule has 0 bridgehead atoms. The number of piperidine rings is 1.